The second kappa shape index (κ2) is 5.16. The summed E-state index contributed by atoms with van der Waals surface area (Å²) in [4.78, 5) is 16.2. The lowest BCUT2D eigenvalue weighted by molar-refractivity contribution is 0.560. The maximum absolute atomic E-state index is 12.0. The van der Waals surface area contributed by atoms with Gasteiger partial charge >= 0.3 is 5.69 Å². The monoisotopic (exact) mass is 285 g/mol. The summed E-state index contributed by atoms with van der Waals surface area (Å²) in [6.07, 6.45) is 3.48. The Balaban J connectivity index is 2.35. The van der Waals surface area contributed by atoms with Crippen LogP contribution in [-0.4, -0.2) is 14.1 Å². The van der Waals surface area contributed by atoms with E-state index in [0.29, 0.717) is 22.4 Å². The molecule has 18 heavy (non-hydrogen) atoms. The van der Waals surface area contributed by atoms with Gasteiger partial charge in [-0.2, -0.15) is 0 Å². The van der Waals surface area contributed by atoms with Crippen molar-refractivity contribution in [1.82, 2.24) is 14.1 Å². The summed E-state index contributed by atoms with van der Waals surface area (Å²) < 4.78 is 3.21. The lowest BCUT2D eigenvalue weighted by Gasteiger charge is -2.06. The first kappa shape index (κ1) is 13.2. The van der Waals surface area contributed by atoms with Gasteiger partial charge in [-0.1, -0.05) is 23.2 Å². The maximum Gasteiger partial charge on any atom is 0.328 e. The largest absolute Gasteiger partial charge is 0.328 e. The fraction of sp³-hybridized carbons (Fsp3) is 0.333. The highest BCUT2D eigenvalue weighted by Crippen LogP contribution is 2.17. The highest BCUT2D eigenvalue weighted by molar-refractivity contribution is 6.32. The maximum atomic E-state index is 12.0. The number of pyridine rings is 1. The molecule has 0 N–H and O–H groups in total. The van der Waals surface area contributed by atoms with Crippen LogP contribution in [0, 0.1) is 0 Å². The summed E-state index contributed by atoms with van der Waals surface area (Å²) in [5, 5.41) is 0.870. The molecule has 96 valence electrons. The summed E-state index contributed by atoms with van der Waals surface area (Å²) in [6.45, 7) is 4.23. The molecule has 2 rings (SSSR count). The molecule has 6 heteroatoms. The molecule has 0 fully saturated rings. The van der Waals surface area contributed by atoms with E-state index >= 15 is 0 Å². The zero-order valence-corrected chi connectivity index (χ0v) is 11.6. The SMILES string of the molecule is CC(C)n1ccn(Cc2nc(Cl)ccc2Cl)c1=O. The molecule has 0 bridgehead atoms. The third-order valence-electron chi connectivity index (χ3n) is 2.63. The van der Waals surface area contributed by atoms with Crippen LogP contribution in [0.4, 0.5) is 0 Å². The van der Waals surface area contributed by atoms with E-state index in [1.54, 1.807) is 33.7 Å². The number of hydrogen-bond acceptors (Lipinski definition) is 2. The summed E-state index contributed by atoms with van der Waals surface area (Å²) >= 11 is 11.8. The van der Waals surface area contributed by atoms with Gasteiger partial charge in [0.05, 0.1) is 17.3 Å². The Morgan fingerprint density at radius 2 is 2.00 bits per heavy atom. The van der Waals surface area contributed by atoms with Crippen molar-refractivity contribution in [2.45, 2.75) is 26.4 Å². The molecule has 0 aliphatic rings. The van der Waals surface area contributed by atoms with Gasteiger partial charge in [0.15, 0.2) is 0 Å². The van der Waals surface area contributed by atoms with Crippen molar-refractivity contribution in [3.63, 3.8) is 0 Å². The van der Waals surface area contributed by atoms with Crippen molar-refractivity contribution in [3.8, 4) is 0 Å². The fourth-order valence-electron chi connectivity index (χ4n) is 1.67. The standard InChI is InChI=1S/C12H13Cl2N3O/c1-8(2)17-6-5-16(12(17)18)7-10-9(13)3-4-11(14)15-10/h3-6,8H,7H2,1-2H3. The zero-order valence-electron chi connectivity index (χ0n) is 10.1. The third kappa shape index (κ3) is 2.60. The van der Waals surface area contributed by atoms with Crippen molar-refractivity contribution >= 4 is 23.2 Å². The van der Waals surface area contributed by atoms with Crippen LogP contribution in [0.15, 0.2) is 29.3 Å². The van der Waals surface area contributed by atoms with Crippen LogP contribution in [0.25, 0.3) is 0 Å². The summed E-state index contributed by atoms with van der Waals surface area (Å²) in [5.74, 6) is 0. The Kier molecular flexibility index (Phi) is 3.78. The van der Waals surface area contributed by atoms with E-state index in [9.17, 15) is 4.79 Å². The van der Waals surface area contributed by atoms with E-state index in [0.717, 1.165) is 0 Å². The van der Waals surface area contributed by atoms with Gasteiger partial charge in [0, 0.05) is 18.4 Å². The average molecular weight is 286 g/mol. The molecule has 4 nitrogen and oxygen atoms in total. The summed E-state index contributed by atoms with van der Waals surface area (Å²) in [5.41, 5.74) is 0.510. The minimum atomic E-state index is -0.0807. The molecule has 0 aliphatic carbocycles. The molecule has 2 aromatic rings. The van der Waals surface area contributed by atoms with Crippen LogP contribution < -0.4 is 5.69 Å². The van der Waals surface area contributed by atoms with Crippen molar-refractivity contribution in [1.29, 1.82) is 0 Å². The molecular formula is C12H13Cl2N3O. The predicted octanol–water partition coefficient (Wildman–Crippen LogP) is 2.98. The number of rotatable bonds is 3. The Morgan fingerprint density at radius 1 is 1.28 bits per heavy atom. The molecule has 0 unspecified atom stereocenters. The van der Waals surface area contributed by atoms with Crippen LogP contribution in [0.2, 0.25) is 10.2 Å². The summed E-state index contributed by atoms with van der Waals surface area (Å²) in [7, 11) is 0. The quantitative estimate of drug-likeness (QED) is 0.814. The van der Waals surface area contributed by atoms with E-state index in [1.165, 1.54) is 0 Å². The van der Waals surface area contributed by atoms with Crippen LogP contribution in [-0.2, 0) is 6.54 Å². The fourth-order valence-corrected chi connectivity index (χ4v) is 2.00. The normalized spacial score (nSPS) is 11.2. The van der Waals surface area contributed by atoms with Gasteiger partial charge in [0.2, 0.25) is 0 Å². The molecule has 0 saturated heterocycles. The van der Waals surface area contributed by atoms with Crippen LogP contribution in [0.3, 0.4) is 0 Å². The predicted molar refractivity (Wildman–Crippen MR) is 72.4 cm³/mol. The Morgan fingerprint density at radius 3 is 2.61 bits per heavy atom. The van der Waals surface area contributed by atoms with Gasteiger partial charge in [-0.3, -0.25) is 9.13 Å². The Hall–Kier alpha value is -1.26. The molecule has 0 saturated carbocycles. The number of aromatic nitrogens is 3. The minimum absolute atomic E-state index is 0.0807. The highest BCUT2D eigenvalue weighted by Gasteiger charge is 2.09. The molecule has 0 spiro atoms. The third-order valence-corrected chi connectivity index (χ3v) is 3.19. The first-order chi connectivity index (χ1) is 8.49. The Bertz CT molecular complexity index is 616. The molecule has 0 aromatic carbocycles. The van der Waals surface area contributed by atoms with Crippen LogP contribution in [0.5, 0.6) is 0 Å². The van der Waals surface area contributed by atoms with Gasteiger partial charge in [-0.25, -0.2) is 9.78 Å². The molecule has 0 atom stereocenters. The van der Waals surface area contributed by atoms with E-state index in [1.807, 2.05) is 13.8 Å². The summed E-state index contributed by atoms with van der Waals surface area (Å²) in [6, 6.07) is 3.42. The van der Waals surface area contributed by atoms with Gasteiger partial charge in [0.1, 0.15) is 5.15 Å². The van der Waals surface area contributed by atoms with Crippen molar-refractivity contribution in [3.05, 3.63) is 50.9 Å². The molecule has 0 radical (unpaired) electrons. The van der Waals surface area contributed by atoms with Crippen molar-refractivity contribution in [2.24, 2.45) is 0 Å². The topological polar surface area (TPSA) is 39.8 Å². The number of hydrogen-bond donors (Lipinski definition) is 0. The second-order valence-corrected chi connectivity index (χ2v) is 5.07. The number of nitrogens with zero attached hydrogens (tertiary/aromatic N) is 3. The van der Waals surface area contributed by atoms with Crippen molar-refractivity contribution in [2.75, 3.05) is 0 Å². The number of imidazole rings is 1. The van der Waals surface area contributed by atoms with E-state index < -0.39 is 0 Å². The van der Waals surface area contributed by atoms with Crippen LogP contribution >= 0.6 is 23.2 Å². The minimum Gasteiger partial charge on any atom is -0.297 e. The van der Waals surface area contributed by atoms with Gasteiger partial charge in [0.25, 0.3) is 0 Å². The molecule has 0 aliphatic heterocycles. The van der Waals surface area contributed by atoms with Crippen LogP contribution in [0.1, 0.15) is 25.6 Å². The average Bonchev–Trinajstić information content (AvgIpc) is 2.66. The Labute approximate surface area is 115 Å². The zero-order chi connectivity index (χ0) is 13.3. The molecular weight excluding hydrogens is 273 g/mol. The second-order valence-electron chi connectivity index (χ2n) is 4.27. The first-order valence-corrected chi connectivity index (χ1v) is 6.33. The first-order valence-electron chi connectivity index (χ1n) is 5.57. The van der Waals surface area contributed by atoms with Gasteiger partial charge < -0.3 is 0 Å². The van der Waals surface area contributed by atoms with E-state index in [-0.39, 0.29) is 11.7 Å². The smallest absolute Gasteiger partial charge is 0.297 e. The lowest BCUT2D eigenvalue weighted by Crippen LogP contribution is -2.25. The molecule has 2 heterocycles. The van der Waals surface area contributed by atoms with E-state index in [2.05, 4.69) is 4.98 Å². The molecule has 2 aromatic heterocycles. The van der Waals surface area contributed by atoms with E-state index in [4.69, 9.17) is 23.2 Å². The highest BCUT2D eigenvalue weighted by atomic mass is 35.5. The van der Waals surface area contributed by atoms with Crippen molar-refractivity contribution < 1.29 is 0 Å². The lowest BCUT2D eigenvalue weighted by atomic mass is 10.3. The molecule has 0 amide bonds. The number of halogens is 2. The van der Waals surface area contributed by atoms with Gasteiger partial charge in [-0.05, 0) is 26.0 Å². The van der Waals surface area contributed by atoms with Gasteiger partial charge in [-0.15, -0.1) is 0 Å².